The summed E-state index contributed by atoms with van der Waals surface area (Å²) in [5.74, 6) is 0.107. The molecule has 0 unspecified atom stereocenters. The molecule has 0 aliphatic heterocycles. The largest absolute Gasteiger partial charge is 0.383 e. The number of rotatable bonds is 4. The van der Waals surface area contributed by atoms with E-state index in [1.807, 2.05) is 0 Å². The first kappa shape index (κ1) is 15.6. The summed E-state index contributed by atoms with van der Waals surface area (Å²) in [4.78, 5) is 14.5. The minimum Gasteiger partial charge on any atom is -0.383 e. The van der Waals surface area contributed by atoms with Gasteiger partial charge in [0.2, 0.25) is 0 Å². The van der Waals surface area contributed by atoms with Crippen LogP contribution in [0.3, 0.4) is 0 Å². The maximum atomic E-state index is 11.4. The molecule has 0 aromatic heterocycles. The number of nitro groups is 1. The first-order valence-corrected chi connectivity index (χ1v) is 8.05. The SMILES string of the molecule is CS(=O)(=O)c1ccc(N=C(N)c2cccc([N+](=O)[O-])c2)cc1. The van der Waals surface area contributed by atoms with Gasteiger partial charge >= 0.3 is 0 Å². The molecule has 0 fully saturated rings. The zero-order chi connectivity index (χ0) is 16.3. The summed E-state index contributed by atoms with van der Waals surface area (Å²) >= 11 is 0. The van der Waals surface area contributed by atoms with Gasteiger partial charge in [0.05, 0.1) is 15.5 Å². The molecule has 0 radical (unpaired) electrons. The minimum absolute atomic E-state index is 0.0805. The van der Waals surface area contributed by atoms with Gasteiger partial charge in [-0.3, -0.25) is 10.1 Å². The van der Waals surface area contributed by atoms with Crippen LogP contribution < -0.4 is 5.73 Å². The number of hydrogen-bond donors (Lipinski definition) is 1. The second-order valence-electron chi connectivity index (χ2n) is 4.57. The molecule has 0 bridgehead atoms. The van der Waals surface area contributed by atoms with Crippen LogP contribution in [-0.4, -0.2) is 25.4 Å². The number of nitro benzene ring substituents is 1. The van der Waals surface area contributed by atoms with Crippen molar-refractivity contribution >= 4 is 27.0 Å². The van der Waals surface area contributed by atoms with Gasteiger partial charge in [0.15, 0.2) is 9.84 Å². The molecule has 7 nitrogen and oxygen atoms in total. The first-order chi connectivity index (χ1) is 10.3. The zero-order valence-corrected chi connectivity index (χ0v) is 12.4. The average molecular weight is 319 g/mol. The van der Waals surface area contributed by atoms with Crippen molar-refractivity contribution in [3.8, 4) is 0 Å². The van der Waals surface area contributed by atoms with Crippen LogP contribution in [0.2, 0.25) is 0 Å². The van der Waals surface area contributed by atoms with Gasteiger partial charge in [-0.25, -0.2) is 13.4 Å². The second-order valence-corrected chi connectivity index (χ2v) is 6.59. The number of benzene rings is 2. The highest BCUT2D eigenvalue weighted by atomic mass is 32.2. The Balaban J connectivity index is 2.33. The maximum absolute atomic E-state index is 11.4. The molecule has 8 heteroatoms. The Morgan fingerprint density at radius 2 is 1.82 bits per heavy atom. The van der Waals surface area contributed by atoms with Crippen molar-refractivity contribution in [1.29, 1.82) is 0 Å². The fourth-order valence-electron chi connectivity index (χ4n) is 1.75. The summed E-state index contributed by atoms with van der Waals surface area (Å²) in [5, 5.41) is 10.7. The number of hydrogen-bond acceptors (Lipinski definition) is 5. The molecule has 0 amide bonds. The topological polar surface area (TPSA) is 116 Å². The highest BCUT2D eigenvalue weighted by molar-refractivity contribution is 7.90. The number of aliphatic imine (C=N–C) groups is 1. The molecule has 0 atom stereocenters. The van der Waals surface area contributed by atoms with Crippen LogP contribution in [0.1, 0.15) is 5.56 Å². The van der Waals surface area contributed by atoms with Gasteiger partial charge in [-0.1, -0.05) is 12.1 Å². The van der Waals surface area contributed by atoms with E-state index in [9.17, 15) is 18.5 Å². The van der Waals surface area contributed by atoms with Gasteiger partial charge < -0.3 is 5.73 Å². The standard InChI is InChI=1S/C14H13N3O4S/c1-22(20,21)13-7-5-11(6-8-13)16-14(15)10-3-2-4-12(9-10)17(18)19/h2-9H,1H3,(H2,15,16). The average Bonchev–Trinajstić information content (AvgIpc) is 2.47. The Hall–Kier alpha value is -2.74. The molecule has 0 saturated carbocycles. The lowest BCUT2D eigenvalue weighted by atomic mass is 10.2. The molecule has 0 spiro atoms. The predicted molar refractivity (Wildman–Crippen MR) is 83.0 cm³/mol. The summed E-state index contributed by atoms with van der Waals surface area (Å²) < 4.78 is 22.7. The molecular weight excluding hydrogens is 306 g/mol. The fourth-order valence-corrected chi connectivity index (χ4v) is 2.38. The summed E-state index contributed by atoms with van der Waals surface area (Å²) in [6, 6.07) is 11.7. The molecule has 0 saturated heterocycles. The molecule has 2 aromatic rings. The number of nitrogens with zero attached hydrogens (tertiary/aromatic N) is 2. The summed E-state index contributed by atoms with van der Waals surface area (Å²) in [7, 11) is -3.27. The Morgan fingerprint density at radius 1 is 1.18 bits per heavy atom. The van der Waals surface area contributed by atoms with Crippen molar-refractivity contribution in [3.63, 3.8) is 0 Å². The van der Waals surface area contributed by atoms with Crippen LogP contribution in [0.4, 0.5) is 11.4 Å². The summed E-state index contributed by atoms with van der Waals surface area (Å²) in [5.41, 5.74) is 6.62. The van der Waals surface area contributed by atoms with Crippen molar-refractivity contribution in [3.05, 3.63) is 64.2 Å². The summed E-state index contributed by atoms with van der Waals surface area (Å²) in [6.07, 6.45) is 1.11. The third-order valence-electron chi connectivity index (χ3n) is 2.87. The van der Waals surface area contributed by atoms with Crippen LogP contribution in [0.15, 0.2) is 58.4 Å². The third-order valence-corrected chi connectivity index (χ3v) is 4.00. The van der Waals surface area contributed by atoms with E-state index in [0.29, 0.717) is 11.3 Å². The fraction of sp³-hybridized carbons (Fsp3) is 0.0714. The van der Waals surface area contributed by atoms with Crippen molar-refractivity contribution in [2.45, 2.75) is 4.90 Å². The van der Waals surface area contributed by atoms with Crippen molar-refractivity contribution in [2.75, 3.05) is 6.26 Å². The maximum Gasteiger partial charge on any atom is 0.270 e. The van der Waals surface area contributed by atoms with E-state index in [1.54, 1.807) is 6.07 Å². The van der Waals surface area contributed by atoms with Crippen molar-refractivity contribution in [1.82, 2.24) is 0 Å². The normalized spacial score (nSPS) is 12.1. The molecular formula is C14H13N3O4S. The Morgan fingerprint density at radius 3 is 2.36 bits per heavy atom. The number of sulfone groups is 1. The van der Waals surface area contributed by atoms with Gasteiger partial charge in [-0.05, 0) is 24.3 Å². The third kappa shape index (κ3) is 3.67. The van der Waals surface area contributed by atoms with Crippen molar-refractivity contribution in [2.24, 2.45) is 10.7 Å². The van der Waals surface area contributed by atoms with Crippen LogP contribution >= 0.6 is 0 Å². The predicted octanol–water partition coefficient (Wildman–Crippen LogP) is 2.04. The Kier molecular flexibility index (Phi) is 4.22. The van der Waals surface area contributed by atoms with Gasteiger partial charge in [0.1, 0.15) is 5.84 Å². The summed E-state index contributed by atoms with van der Waals surface area (Å²) in [6.45, 7) is 0. The number of non-ortho nitro benzene ring substituents is 1. The molecule has 114 valence electrons. The van der Waals surface area contributed by atoms with E-state index in [4.69, 9.17) is 5.73 Å². The Labute approximate surface area is 127 Å². The van der Waals surface area contributed by atoms with Crippen LogP contribution in [-0.2, 0) is 9.84 Å². The lowest BCUT2D eigenvalue weighted by Gasteiger charge is -2.02. The zero-order valence-electron chi connectivity index (χ0n) is 11.6. The monoisotopic (exact) mass is 319 g/mol. The molecule has 22 heavy (non-hydrogen) atoms. The van der Waals surface area contributed by atoms with E-state index in [0.717, 1.165) is 6.26 Å². The van der Waals surface area contributed by atoms with Crippen molar-refractivity contribution < 1.29 is 13.3 Å². The van der Waals surface area contributed by atoms with E-state index >= 15 is 0 Å². The highest BCUT2D eigenvalue weighted by Crippen LogP contribution is 2.18. The van der Waals surface area contributed by atoms with Crippen LogP contribution in [0.5, 0.6) is 0 Å². The quantitative estimate of drug-likeness (QED) is 0.400. The van der Waals surface area contributed by atoms with Gasteiger partial charge in [0.25, 0.3) is 5.69 Å². The van der Waals surface area contributed by atoms with Crippen LogP contribution in [0.25, 0.3) is 0 Å². The Bertz CT molecular complexity index is 843. The minimum atomic E-state index is -3.27. The van der Waals surface area contributed by atoms with E-state index in [2.05, 4.69) is 4.99 Å². The van der Waals surface area contributed by atoms with Crippen LogP contribution in [0, 0.1) is 10.1 Å². The van der Waals surface area contributed by atoms with Gasteiger partial charge in [-0.15, -0.1) is 0 Å². The highest BCUT2D eigenvalue weighted by Gasteiger charge is 2.09. The van der Waals surface area contributed by atoms with E-state index < -0.39 is 14.8 Å². The number of amidine groups is 1. The molecule has 0 aliphatic carbocycles. The lowest BCUT2D eigenvalue weighted by molar-refractivity contribution is -0.384. The van der Waals surface area contributed by atoms with E-state index in [-0.39, 0.29) is 16.4 Å². The smallest absolute Gasteiger partial charge is 0.270 e. The second kappa shape index (κ2) is 5.94. The van der Waals surface area contributed by atoms with Gasteiger partial charge in [0, 0.05) is 24.0 Å². The van der Waals surface area contributed by atoms with Gasteiger partial charge in [-0.2, -0.15) is 0 Å². The first-order valence-electron chi connectivity index (χ1n) is 6.16. The molecule has 0 aliphatic rings. The molecule has 0 heterocycles. The molecule has 2 N–H and O–H groups in total. The molecule has 2 aromatic carbocycles. The molecule has 2 rings (SSSR count). The lowest BCUT2D eigenvalue weighted by Crippen LogP contribution is -2.12. The number of nitrogens with two attached hydrogens (primary N) is 1. The van der Waals surface area contributed by atoms with E-state index in [1.165, 1.54) is 42.5 Å².